The molecule has 4 aromatic rings. The van der Waals surface area contributed by atoms with Crippen LogP contribution in [0.25, 0.3) is 11.4 Å². The zero-order chi connectivity index (χ0) is 23.4. The van der Waals surface area contributed by atoms with Gasteiger partial charge in [0.1, 0.15) is 6.26 Å². The van der Waals surface area contributed by atoms with Gasteiger partial charge in [-0.05, 0) is 35.7 Å². The van der Waals surface area contributed by atoms with Gasteiger partial charge in [0, 0.05) is 29.5 Å². The zero-order valence-electron chi connectivity index (χ0n) is 16.7. The highest BCUT2D eigenvalue weighted by molar-refractivity contribution is 7.08. The molecule has 0 saturated carbocycles. The molecule has 0 saturated heterocycles. The molecule has 0 spiro atoms. The minimum Gasteiger partial charge on any atom is -0.472 e. The van der Waals surface area contributed by atoms with Crippen molar-refractivity contribution in [1.82, 2.24) is 10.1 Å². The third-order valence-corrected chi connectivity index (χ3v) is 5.14. The summed E-state index contributed by atoms with van der Waals surface area (Å²) in [6.45, 7) is 0. The van der Waals surface area contributed by atoms with Crippen LogP contribution in [-0.4, -0.2) is 22.0 Å². The number of nitrogens with one attached hydrogen (secondary N) is 2. The molecule has 0 radical (unpaired) electrons. The van der Waals surface area contributed by atoms with Crippen LogP contribution in [0.15, 0.2) is 62.6 Å². The first kappa shape index (κ1) is 22.3. The van der Waals surface area contributed by atoms with Crippen LogP contribution in [0.3, 0.4) is 0 Å². The number of anilines is 2. The molecule has 12 heteroatoms. The third kappa shape index (κ3) is 5.47. The average Bonchev–Trinajstić information content (AvgIpc) is 3.55. The number of amides is 2. The van der Waals surface area contributed by atoms with E-state index in [2.05, 4.69) is 20.8 Å². The summed E-state index contributed by atoms with van der Waals surface area (Å²) in [6, 6.07) is 6.27. The molecule has 0 atom stereocenters. The number of rotatable bonds is 7. The van der Waals surface area contributed by atoms with Crippen LogP contribution in [0.1, 0.15) is 28.2 Å². The molecule has 0 aliphatic carbocycles. The molecule has 0 bridgehead atoms. The summed E-state index contributed by atoms with van der Waals surface area (Å²) in [5, 5.41) is 12.1. The normalized spacial score (nSPS) is 11.4. The molecule has 0 aliphatic heterocycles. The Bertz CT molecular complexity index is 1250. The van der Waals surface area contributed by atoms with Crippen LogP contribution in [0, 0.1) is 0 Å². The average molecular weight is 476 g/mol. The van der Waals surface area contributed by atoms with Crippen molar-refractivity contribution in [2.75, 3.05) is 10.6 Å². The fourth-order valence-corrected chi connectivity index (χ4v) is 3.50. The number of hydrogen-bond acceptors (Lipinski definition) is 7. The molecule has 4 rings (SSSR count). The summed E-state index contributed by atoms with van der Waals surface area (Å²) < 4.78 is 50.6. The van der Waals surface area contributed by atoms with Gasteiger partial charge >= 0.3 is 6.18 Å². The molecular formula is C21H15F3N4O4S. The number of hydrogen-bond donors (Lipinski definition) is 2. The van der Waals surface area contributed by atoms with Gasteiger partial charge in [0.15, 0.2) is 0 Å². The Morgan fingerprint density at radius 1 is 1.12 bits per heavy atom. The maximum Gasteiger partial charge on any atom is 0.418 e. The van der Waals surface area contributed by atoms with Gasteiger partial charge in [-0.15, -0.1) is 0 Å². The van der Waals surface area contributed by atoms with Crippen molar-refractivity contribution in [2.24, 2.45) is 0 Å². The fourth-order valence-electron chi connectivity index (χ4n) is 2.86. The maximum atomic E-state index is 13.6. The van der Waals surface area contributed by atoms with E-state index in [4.69, 9.17) is 8.94 Å². The van der Waals surface area contributed by atoms with Gasteiger partial charge < -0.3 is 19.6 Å². The number of nitrogens with zero attached hydrogens (tertiary/aromatic N) is 2. The second-order valence-electron chi connectivity index (χ2n) is 6.80. The molecule has 3 aromatic heterocycles. The molecule has 33 heavy (non-hydrogen) atoms. The van der Waals surface area contributed by atoms with Crippen molar-refractivity contribution in [2.45, 2.75) is 19.0 Å². The summed E-state index contributed by atoms with van der Waals surface area (Å²) in [6.07, 6.45) is -2.43. The molecule has 2 N–H and O–H groups in total. The number of carbonyl (C=O) groups is 2. The van der Waals surface area contributed by atoms with E-state index in [-0.39, 0.29) is 30.0 Å². The summed E-state index contributed by atoms with van der Waals surface area (Å²) in [4.78, 5) is 28.5. The van der Waals surface area contributed by atoms with E-state index in [1.165, 1.54) is 36.0 Å². The lowest BCUT2D eigenvalue weighted by molar-refractivity contribution is -0.136. The third-order valence-electron chi connectivity index (χ3n) is 4.45. The zero-order valence-corrected chi connectivity index (χ0v) is 17.5. The Kier molecular flexibility index (Phi) is 6.27. The van der Waals surface area contributed by atoms with Crippen LogP contribution in [-0.2, 0) is 17.4 Å². The SMILES string of the molecule is O=C(CCc1nc(-c2ccsc2)no1)Nc1ccc(NC(=O)c2ccoc2)cc1C(F)(F)F. The standard InChI is InChI=1S/C21H15F3N4O4S/c22-21(23,24)15-9-14(25-20(30)12-5-7-31-10-12)1-2-16(15)26-17(29)3-4-18-27-19(28-32-18)13-6-8-33-11-13/h1-2,5-11H,3-4H2,(H,25,30)(H,26,29). The number of carbonyl (C=O) groups excluding carboxylic acids is 2. The number of aromatic nitrogens is 2. The van der Waals surface area contributed by atoms with Crippen molar-refractivity contribution >= 4 is 34.5 Å². The van der Waals surface area contributed by atoms with E-state index in [1.54, 1.807) is 0 Å². The molecule has 0 unspecified atom stereocenters. The number of alkyl halides is 3. The smallest absolute Gasteiger partial charge is 0.418 e. The van der Waals surface area contributed by atoms with Gasteiger partial charge in [-0.3, -0.25) is 9.59 Å². The first-order valence-corrected chi connectivity index (χ1v) is 10.4. The highest BCUT2D eigenvalue weighted by atomic mass is 32.1. The van der Waals surface area contributed by atoms with Crippen LogP contribution >= 0.6 is 11.3 Å². The molecule has 0 fully saturated rings. The van der Waals surface area contributed by atoms with Crippen molar-refractivity contribution in [3.05, 3.63) is 70.6 Å². The second-order valence-corrected chi connectivity index (χ2v) is 7.58. The van der Waals surface area contributed by atoms with Crippen molar-refractivity contribution in [1.29, 1.82) is 0 Å². The van der Waals surface area contributed by atoms with Crippen LogP contribution < -0.4 is 10.6 Å². The van der Waals surface area contributed by atoms with Gasteiger partial charge in [0.25, 0.3) is 5.91 Å². The second kappa shape index (κ2) is 9.28. The summed E-state index contributed by atoms with van der Waals surface area (Å²) in [5.41, 5.74) is -0.687. The number of aryl methyl sites for hydroxylation is 1. The Labute approximate surface area is 188 Å². The van der Waals surface area contributed by atoms with Gasteiger partial charge in [-0.25, -0.2) is 0 Å². The van der Waals surface area contributed by atoms with Gasteiger partial charge in [-0.1, -0.05) is 5.16 Å². The summed E-state index contributed by atoms with van der Waals surface area (Å²) >= 11 is 1.46. The largest absolute Gasteiger partial charge is 0.472 e. The lowest BCUT2D eigenvalue weighted by Crippen LogP contribution is -2.18. The van der Waals surface area contributed by atoms with E-state index in [0.29, 0.717) is 5.82 Å². The van der Waals surface area contributed by atoms with Crippen LogP contribution in [0.4, 0.5) is 24.5 Å². The quantitative estimate of drug-likeness (QED) is 0.378. The monoisotopic (exact) mass is 476 g/mol. The molecule has 8 nitrogen and oxygen atoms in total. The lowest BCUT2D eigenvalue weighted by atomic mass is 10.1. The minimum atomic E-state index is -4.76. The highest BCUT2D eigenvalue weighted by Gasteiger charge is 2.34. The Balaban J connectivity index is 1.42. The number of furan rings is 1. The van der Waals surface area contributed by atoms with Crippen molar-refractivity contribution in [3.63, 3.8) is 0 Å². The first-order chi connectivity index (χ1) is 15.8. The van der Waals surface area contributed by atoms with Crippen LogP contribution in [0.5, 0.6) is 0 Å². The molecule has 0 aliphatic rings. The van der Waals surface area contributed by atoms with Gasteiger partial charge in [-0.2, -0.15) is 29.5 Å². The van der Waals surface area contributed by atoms with E-state index < -0.39 is 29.2 Å². The van der Waals surface area contributed by atoms with Crippen molar-refractivity contribution in [3.8, 4) is 11.4 Å². The van der Waals surface area contributed by atoms with Crippen LogP contribution in [0.2, 0.25) is 0 Å². The molecule has 170 valence electrons. The summed E-state index contributed by atoms with van der Waals surface area (Å²) in [7, 11) is 0. The number of benzene rings is 1. The number of thiophene rings is 1. The molecule has 2 amide bonds. The highest BCUT2D eigenvalue weighted by Crippen LogP contribution is 2.37. The van der Waals surface area contributed by atoms with E-state index in [0.717, 1.165) is 17.7 Å². The van der Waals surface area contributed by atoms with E-state index in [1.807, 2.05) is 16.8 Å². The topological polar surface area (TPSA) is 110 Å². The first-order valence-electron chi connectivity index (χ1n) is 9.49. The van der Waals surface area contributed by atoms with E-state index in [9.17, 15) is 22.8 Å². The Morgan fingerprint density at radius 3 is 2.67 bits per heavy atom. The maximum absolute atomic E-state index is 13.6. The number of halogens is 3. The molecular weight excluding hydrogens is 461 g/mol. The molecule has 1 aromatic carbocycles. The van der Waals surface area contributed by atoms with Gasteiger partial charge in [0.05, 0.1) is 23.1 Å². The Morgan fingerprint density at radius 2 is 1.97 bits per heavy atom. The summed E-state index contributed by atoms with van der Waals surface area (Å²) in [5.74, 6) is -0.722. The predicted molar refractivity (Wildman–Crippen MR) is 113 cm³/mol. The fraction of sp³-hybridized carbons (Fsp3) is 0.143. The predicted octanol–water partition coefficient (Wildman–Crippen LogP) is 5.23. The minimum absolute atomic E-state index is 0.0587. The van der Waals surface area contributed by atoms with E-state index >= 15 is 0 Å². The van der Waals surface area contributed by atoms with Gasteiger partial charge in [0.2, 0.25) is 17.6 Å². The lowest BCUT2D eigenvalue weighted by Gasteiger charge is -2.15. The van der Waals surface area contributed by atoms with Crippen molar-refractivity contribution < 1.29 is 31.7 Å². The molecule has 3 heterocycles. The Hall–Kier alpha value is -3.93.